The zero-order chi connectivity index (χ0) is 17.2. The second-order valence-corrected chi connectivity index (χ2v) is 4.43. The molecule has 0 bridgehead atoms. The molecule has 0 aliphatic heterocycles. The fourth-order valence-electron chi connectivity index (χ4n) is 1.90. The Bertz CT molecular complexity index is 430. The summed E-state index contributed by atoms with van der Waals surface area (Å²) in [6.45, 7) is 2.37. The van der Waals surface area contributed by atoms with Crippen LogP contribution in [-0.4, -0.2) is 26.1 Å². The van der Waals surface area contributed by atoms with Gasteiger partial charge in [-0.1, -0.05) is 13.3 Å². The fraction of sp³-hybridized carbons (Fsp3) is 0.571. The smallest absolute Gasteiger partial charge is 0.381 e. The highest BCUT2D eigenvalue weighted by molar-refractivity contribution is 6.15. The van der Waals surface area contributed by atoms with E-state index in [-0.39, 0.29) is 11.7 Å². The highest BCUT2D eigenvalue weighted by Crippen LogP contribution is 2.36. The van der Waals surface area contributed by atoms with Crippen LogP contribution in [0.4, 0.5) is 24.5 Å². The van der Waals surface area contributed by atoms with Crippen molar-refractivity contribution in [2.24, 2.45) is 5.73 Å². The van der Waals surface area contributed by atoms with Crippen molar-refractivity contribution in [3.63, 3.8) is 0 Å². The topological polar surface area (TPSA) is 59.3 Å². The van der Waals surface area contributed by atoms with Gasteiger partial charge in [0, 0.05) is 24.7 Å². The van der Waals surface area contributed by atoms with Crippen molar-refractivity contribution in [2.45, 2.75) is 32.0 Å². The van der Waals surface area contributed by atoms with E-state index in [0.29, 0.717) is 12.2 Å². The first-order valence-electron chi connectivity index (χ1n) is 6.77. The number of hydrogen-bond donors (Lipinski definition) is 3. The molecule has 128 valence electrons. The van der Waals surface area contributed by atoms with Crippen LogP contribution in [0, 0.1) is 0 Å². The Morgan fingerprint density at radius 3 is 2.41 bits per heavy atom. The molecule has 4 nitrogen and oxygen atoms in total. The maximum Gasteiger partial charge on any atom is 0.418 e. The second-order valence-electron chi connectivity index (χ2n) is 4.43. The Hall–Kier alpha value is -1.18. The molecule has 1 aromatic rings. The number of rotatable bonds is 7. The molecule has 0 spiro atoms. The van der Waals surface area contributed by atoms with Gasteiger partial charge >= 0.3 is 6.18 Å². The molecule has 0 radical (unpaired) electrons. The van der Waals surface area contributed by atoms with Gasteiger partial charge in [0.25, 0.3) is 0 Å². The summed E-state index contributed by atoms with van der Waals surface area (Å²) >= 11 is 4.64. The molecule has 0 amide bonds. The van der Waals surface area contributed by atoms with Gasteiger partial charge in [0.2, 0.25) is 0 Å². The Morgan fingerprint density at radius 2 is 1.95 bits per heavy atom. The van der Waals surface area contributed by atoms with Crippen LogP contribution in [0.3, 0.4) is 0 Å². The molecule has 1 rings (SSSR count). The summed E-state index contributed by atoms with van der Waals surface area (Å²) in [6.07, 6.45) is -1.28. The van der Waals surface area contributed by atoms with Crippen LogP contribution in [0.1, 0.15) is 25.3 Å². The van der Waals surface area contributed by atoms with Crippen molar-refractivity contribution in [3.8, 4) is 0 Å². The van der Waals surface area contributed by atoms with E-state index in [1.54, 1.807) is 6.07 Å². The predicted molar refractivity (Wildman–Crippen MR) is 85.2 cm³/mol. The Balaban J connectivity index is 0.00000211. The quantitative estimate of drug-likeness (QED) is 0.517. The monoisotopic (exact) mass is 341 g/mol. The normalized spacial score (nSPS) is 12.2. The van der Waals surface area contributed by atoms with Crippen molar-refractivity contribution in [2.75, 3.05) is 30.8 Å². The first-order chi connectivity index (χ1) is 10.4. The number of alkyl halides is 4. The van der Waals surface area contributed by atoms with Gasteiger partial charge in [0.15, 0.2) is 0 Å². The van der Waals surface area contributed by atoms with Gasteiger partial charge in [0.05, 0.1) is 18.4 Å². The molecule has 0 fully saturated rings. The van der Waals surface area contributed by atoms with Crippen LogP contribution in [-0.2, 0) is 11.0 Å². The average molecular weight is 342 g/mol. The minimum atomic E-state index is -4.46. The summed E-state index contributed by atoms with van der Waals surface area (Å²) < 4.78 is 38.9. The van der Waals surface area contributed by atoms with Crippen molar-refractivity contribution in [1.29, 1.82) is 0 Å². The van der Waals surface area contributed by atoms with Crippen molar-refractivity contribution in [1.82, 2.24) is 0 Å². The maximum absolute atomic E-state index is 13.0. The van der Waals surface area contributed by atoms with E-state index in [1.807, 2.05) is 6.92 Å². The molecular formula is C14H23ClF3N3O. The molecule has 22 heavy (non-hydrogen) atoms. The lowest BCUT2D eigenvalue weighted by Crippen LogP contribution is -2.28. The molecule has 4 N–H and O–H groups in total. The Kier molecular flexibility index (Phi) is 9.97. The first-order valence-corrected chi connectivity index (χ1v) is 7.52. The highest BCUT2D eigenvalue weighted by atomic mass is 35.5. The largest absolute Gasteiger partial charge is 0.418 e. The van der Waals surface area contributed by atoms with Crippen molar-refractivity contribution in [3.05, 3.63) is 23.8 Å². The van der Waals surface area contributed by atoms with Crippen LogP contribution in [0.15, 0.2) is 18.2 Å². The summed E-state index contributed by atoms with van der Waals surface area (Å²) in [5.41, 5.74) is 7.31. The maximum atomic E-state index is 13.0. The highest BCUT2D eigenvalue weighted by Gasteiger charge is 2.34. The van der Waals surface area contributed by atoms with E-state index in [0.717, 1.165) is 18.9 Å². The summed E-state index contributed by atoms with van der Waals surface area (Å²) in [6, 6.07) is 3.91. The number of nitrogens with two attached hydrogens (primary N) is 1. The van der Waals surface area contributed by atoms with Gasteiger partial charge in [-0.25, -0.2) is 0 Å². The number of hydrogen-bond acceptors (Lipinski definition) is 4. The van der Waals surface area contributed by atoms with E-state index in [2.05, 4.69) is 27.2 Å². The van der Waals surface area contributed by atoms with Crippen molar-refractivity contribution < 1.29 is 18.0 Å². The molecule has 0 aliphatic rings. The lowest BCUT2D eigenvalue weighted by atomic mass is 10.1. The van der Waals surface area contributed by atoms with Gasteiger partial charge in [-0.05, 0) is 24.6 Å². The zero-order valence-electron chi connectivity index (χ0n) is 12.9. The molecule has 0 aromatic heterocycles. The summed E-state index contributed by atoms with van der Waals surface area (Å²) in [5, 5.41) is 3.02. The molecular weight excluding hydrogens is 319 g/mol. The summed E-state index contributed by atoms with van der Waals surface area (Å²) in [4.78, 5) is 4.55. The van der Waals surface area contributed by atoms with Crippen LogP contribution < -0.4 is 16.5 Å². The van der Waals surface area contributed by atoms with Gasteiger partial charge in [-0.3, -0.25) is 10.3 Å². The van der Waals surface area contributed by atoms with E-state index in [9.17, 15) is 13.2 Å². The number of benzene rings is 1. The van der Waals surface area contributed by atoms with Crippen LogP contribution in [0.5, 0.6) is 0 Å². The zero-order valence-corrected chi connectivity index (χ0v) is 13.7. The third-order valence-electron chi connectivity index (χ3n) is 2.83. The van der Waals surface area contributed by atoms with Crippen LogP contribution in [0.2, 0.25) is 0 Å². The first kappa shape index (κ1) is 20.8. The molecule has 8 heteroatoms. The Morgan fingerprint density at radius 1 is 1.32 bits per heavy atom. The molecule has 0 saturated heterocycles. The van der Waals surface area contributed by atoms with Gasteiger partial charge in [-0.15, -0.1) is 11.6 Å². The third kappa shape index (κ3) is 6.72. The van der Waals surface area contributed by atoms with Gasteiger partial charge in [-0.2, -0.15) is 13.2 Å². The molecule has 0 unspecified atom stereocenters. The van der Waals surface area contributed by atoms with Crippen LogP contribution >= 0.6 is 11.6 Å². The summed E-state index contributed by atoms with van der Waals surface area (Å²) in [7, 11) is 1.26. The number of nitrogens with one attached hydrogen (secondary N) is 2. The van der Waals surface area contributed by atoms with E-state index < -0.39 is 11.7 Å². The third-order valence-corrected chi connectivity index (χ3v) is 2.83. The van der Waals surface area contributed by atoms with Gasteiger partial charge in [0.1, 0.15) is 0 Å². The summed E-state index contributed by atoms with van der Waals surface area (Å²) in [5.74, 6) is 0. The van der Waals surface area contributed by atoms with E-state index in [4.69, 9.17) is 5.73 Å². The molecule has 0 heterocycles. The van der Waals surface area contributed by atoms with E-state index in [1.165, 1.54) is 19.6 Å². The average Bonchev–Trinajstić information content (AvgIpc) is 2.49. The predicted octanol–water partition coefficient (Wildman–Crippen LogP) is 4.07. The standard InChI is InChI=1S/C13H20F3N3O.CH3Cl/c1-3-4-10(8-17)18-9-5-6-12(19-20-2)11(7-9)13(14,15)16;1-2/h5-7,10,18-19H,3-4,8,17H2,1-2H3;1H3/t10-;/m1./s1. The van der Waals surface area contributed by atoms with Crippen LogP contribution in [0.25, 0.3) is 0 Å². The molecule has 1 atom stereocenters. The lowest BCUT2D eigenvalue weighted by molar-refractivity contribution is -0.137. The fourth-order valence-corrected chi connectivity index (χ4v) is 1.90. The number of halogens is 4. The van der Waals surface area contributed by atoms with Gasteiger partial charge < -0.3 is 11.1 Å². The van der Waals surface area contributed by atoms with Crippen molar-refractivity contribution >= 4 is 23.0 Å². The lowest BCUT2D eigenvalue weighted by Gasteiger charge is -2.20. The van der Waals surface area contributed by atoms with E-state index >= 15 is 0 Å². The molecule has 0 saturated carbocycles. The molecule has 0 aliphatic carbocycles. The minimum Gasteiger partial charge on any atom is -0.381 e. The minimum absolute atomic E-state index is 0.0395. The Labute approximate surface area is 134 Å². The molecule has 1 aromatic carbocycles. The number of anilines is 2. The SMILES string of the molecule is CCC[C@H](CN)Nc1ccc(NOC)c(C(F)(F)F)c1.CCl. The second kappa shape index (κ2) is 10.5.